The van der Waals surface area contributed by atoms with Crippen molar-refractivity contribution in [3.8, 4) is 11.4 Å². The zero-order valence-electron chi connectivity index (χ0n) is 15.5. The largest absolute Gasteiger partial charge is 0.381 e. The lowest BCUT2D eigenvalue weighted by atomic mass is 9.78. The van der Waals surface area contributed by atoms with E-state index in [0.29, 0.717) is 49.1 Å². The molecule has 0 aliphatic carbocycles. The second-order valence-corrected chi connectivity index (χ2v) is 8.96. The van der Waals surface area contributed by atoms with Gasteiger partial charge in [-0.05, 0) is 25.0 Å². The summed E-state index contributed by atoms with van der Waals surface area (Å²) in [5.41, 5.74) is -0.0504. The van der Waals surface area contributed by atoms with Gasteiger partial charge in [-0.3, -0.25) is 0 Å². The van der Waals surface area contributed by atoms with Crippen LogP contribution in [-0.4, -0.2) is 55.3 Å². The molecule has 1 aromatic carbocycles. The molecular weight excluding hydrogens is 384 g/mol. The van der Waals surface area contributed by atoms with E-state index < -0.39 is 15.4 Å². The second-order valence-electron chi connectivity index (χ2n) is 6.81. The average Bonchev–Trinajstić information content (AvgIpc) is 3.41. The molecule has 1 fully saturated rings. The third-order valence-corrected chi connectivity index (χ3v) is 6.77. The van der Waals surface area contributed by atoms with Gasteiger partial charge in [-0.15, -0.1) is 0 Å². The van der Waals surface area contributed by atoms with E-state index in [4.69, 9.17) is 13.8 Å². The SMILES string of the molecule is CN(C)S(=O)(=O)c1cccc(-c2noc(C3(c4ccno4)CCOCC3)n2)c1. The Labute approximate surface area is 162 Å². The Kier molecular flexibility index (Phi) is 4.77. The molecule has 0 bridgehead atoms. The molecule has 4 rings (SSSR count). The Balaban J connectivity index is 1.74. The minimum Gasteiger partial charge on any atom is -0.381 e. The smallest absolute Gasteiger partial charge is 0.242 e. The standard InChI is InChI=1S/C18H20N4O5S/c1-22(2)28(23,24)14-5-3-4-13(12-14)16-20-17(27-21-16)18(7-10-25-11-8-18)15-6-9-19-26-15/h3-6,9,12H,7-8,10-11H2,1-2H3. The first-order valence-corrected chi connectivity index (χ1v) is 10.2. The first-order chi connectivity index (χ1) is 13.4. The number of rotatable bonds is 5. The zero-order valence-corrected chi connectivity index (χ0v) is 16.3. The summed E-state index contributed by atoms with van der Waals surface area (Å²) in [5, 5.41) is 7.90. The van der Waals surface area contributed by atoms with E-state index in [-0.39, 0.29) is 4.90 Å². The molecule has 10 heteroatoms. The van der Waals surface area contributed by atoms with Crippen molar-refractivity contribution in [1.29, 1.82) is 0 Å². The van der Waals surface area contributed by atoms with Crippen molar-refractivity contribution in [3.05, 3.63) is 48.2 Å². The van der Waals surface area contributed by atoms with Crippen molar-refractivity contribution in [2.75, 3.05) is 27.3 Å². The van der Waals surface area contributed by atoms with Crippen molar-refractivity contribution in [3.63, 3.8) is 0 Å². The number of sulfonamides is 1. The van der Waals surface area contributed by atoms with E-state index >= 15 is 0 Å². The van der Waals surface area contributed by atoms with Crippen LogP contribution >= 0.6 is 0 Å². The van der Waals surface area contributed by atoms with E-state index in [0.717, 1.165) is 4.31 Å². The molecule has 1 aliphatic rings. The number of ether oxygens (including phenoxy) is 1. The third kappa shape index (κ3) is 3.13. The highest BCUT2D eigenvalue weighted by Crippen LogP contribution is 2.40. The van der Waals surface area contributed by atoms with Crippen molar-refractivity contribution in [1.82, 2.24) is 19.6 Å². The highest BCUT2D eigenvalue weighted by molar-refractivity contribution is 7.89. The van der Waals surface area contributed by atoms with Gasteiger partial charge in [0.2, 0.25) is 21.7 Å². The Morgan fingerprint density at radius 1 is 1.11 bits per heavy atom. The lowest BCUT2D eigenvalue weighted by Gasteiger charge is -2.31. The lowest BCUT2D eigenvalue weighted by Crippen LogP contribution is -2.35. The predicted octanol–water partition coefficient (Wildman–Crippen LogP) is 2.07. The summed E-state index contributed by atoms with van der Waals surface area (Å²) < 4.78 is 42.5. The van der Waals surface area contributed by atoms with Gasteiger partial charge in [-0.2, -0.15) is 4.98 Å². The molecule has 0 saturated carbocycles. The molecule has 28 heavy (non-hydrogen) atoms. The zero-order chi connectivity index (χ0) is 19.8. The molecule has 148 valence electrons. The van der Waals surface area contributed by atoms with E-state index in [9.17, 15) is 8.42 Å². The topological polar surface area (TPSA) is 112 Å². The first-order valence-electron chi connectivity index (χ1n) is 8.79. The first kappa shape index (κ1) is 18.8. The summed E-state index contributed by atoms with van der Waals surface area (Å²) in [6.45, 7) is 1.07. The summed E-state index contributed by atoms with van der Waals surface area (Å²) in [4.78, 5) is 4.74. The van der Waals surface area contributed by atoms with Crippen LogP contribution in [0.4, 0.5) is 0 Å². The van der Waals surface area contributed by atoms with Crippen LogP contribution < -0.4 is 0 Å². The fourth-order valence-corrected chi connectivity index (χ4v) is 4.24. The van der Waals surface area contributed by atoms with Crippen LogP contribution in [-0.2, 0) is 20.2 Å². The van der Waals surface area contributed by atoms with Gasteiger partial charge in [0.1, 0.15) is 5.41 Å². The van der Waals surface area contributed by atoms with Crippen molar-refractivity contribution >= 4 is 10.0 Å². The van der Waals surface area contributed by atoms with Gasteiger partial charge >= 0.3 is 0 Å². The van der Waals surface area contributed by atoms with Gasteiger partial charge in [-0.25, -0.2) is 12.7 Å². The Bertz CT molecular complexity index is 1050. The van der Waals surface area contributed by atoms with Gasteiger partial charge < -0.3 is 13.8 Å². The third-order valence-electron chi connectivity index (χ3n) is 4.96. The van der Waals surface area contributed by atoms with Crippen LogP contribution in [0.15, 0.2) is 50.5 Å². The van der Waals surface area contributed by atoms with Gasteiger partial charge in [0.25, 0.3) is 0 Å². The van der Waals surface area contributed by atoms with Crippen molar-refractivity contribution in [2.45, 2.75) is 23.2 Å². The van der Waals surface area contributed by atoms with Gasteiger partial charge in [0.05, 0.1) is 11.1 Å². The summed E-state index contributed by atoms with van der Waals surface area (Å²) in [6.07, 6.45) is 2.83. The van der Waals surface area contributed by atoms with Crippen LogP contribution in [0, 0.1) is 0 Å². The van der Waals surface area contributed by atoms with Crippen molar-refractivity contribution in [2.24, 2.45) is 0 Å². The number of aromatic nitrogens is 3. The van der Waals surface area contributed by atoms with Crippen LogP contribution in [0.5, 0.6) is 0 Å². The van der Waals surface area contributed by atoms with Gasteiger partial charge in [-0.1, -0.05) is 22.4 Å². The predicted molar refractivity (Wildman–Crippen MR) is 97.9 cm³/mol. The van der Waals surface area contributed by atoms with Crippen LogP contribution in [0.25, 0.3) is 11.4 Å². The Morgan fingerprint density at radius 2 is 1.89 bits per heavy atom. The number of benzene rings is 1. The van der Waals surface area contributed by atoms with E-state index in [1.807, 2.05) is 0 Å². The molecule has 3 heterocycles. The number of hydrogen-bond acceptors (Lipinski definition) is 8. The van der Waals surface area contributed by atoms with E-state index in [1.165, 1.54) is 26.2 Å². The molecule has 1 aliphatic heterocycles. The maximum atomic E-state index is 12.4. The van der Waals surface area contributed by atoms with E-state index in [1.54, 1.807) is 24.4 Å². The molecule has 3 aromatic rings. The fraction of sp³-hybridized carbons (Fsp3) is 0.389. The highest BCUT2D eigenvalue weighted by Gasteiger charge is 2.44. The lowest BCUT2D eigenvalue weighted by molar-refractivity contribution is 0.0425. The molecule has 0 amide bonds. The Hall–Kier alpha value is -2.56. The van der Waals surface area contributed by atoms with Crippen LogP contribution in [0.3, 0.4) is 0 Å². The van der Waals surface area contributed by atoms with E-state index in [2.05, 4.69) is 15.3 Å². The molecule has 0 radical (unpaired) electrons. The molecule has 0 atom stereocenters. The fourth-order valence-electron chi connectivity index (χ4n) is 3.29. The summed E-state index contributed by atoms with van der Waals surface area (Å²) in [5.74, 6) is 1.37. The highest BCUT2D eigenvalue weighted by atomic mass is 32.2. The molecule has 9 nitrogen and oxygen atoms in total. The molecular formula is C18H20N4O5S. The number of hydrogen-bond donors (Lipinski definition) is 0. The molecule has 0 spiro atoms. The Morgan fingerprint density at radius 3 is 2.57 bits per heavy atom. The quantitative estimate of drug-likeness (QED) is 0.635. The minimum atomic E-state index is -3.56. The maximum absolute atomic E-state index is 12.4. The minimum absolute atomic E-state index is 0.164. The summed E-state index contributed by atoms with van der Waals surface area (Å²) in [6, 6.07) is 8.26. The van der Waals surface area contributed by atoms with Crippen LogP contribution in [0.2, 0.25) is 0 Å². The van der Waals surface area contributed by atoms with Crippen LogP contribution in [0.1, 0.15) is 24.5 Å². The van der Waals surface area contributed by atoms with Gasteiger partial charge in [0.15, 0.2) is 5.76 Å². The summed E-state index contributed by atoms with van der Waals surface area (Å²) >= 11 is 0. The van der Waals surface area contributed by atoms with Gasteiger partial charge in [0, 0.05) is 38.9 Å². The molecule has 0 N–H and O–H groups in total. The molecule has 2 aromatic heterocycles. The number of nitrogens with zero attached hydrogens (tertiary/aromatic N) is 4. The molecule has 1 saturated heterocycles. The van der Waals surface area contributed by atoms with Crippen molar-refractivity contribution < 1.29 is 22.2 Å². The maximum Gasteiger partial charge on any atom is 0.242 e. The average molecular weight is 404 g/mol. The molecule has 0 unspecified atom stereocenters. The monoisotopic (exact) mass is 404 g/mol. The summed E-state index contributed by atoms with van der Waals surface area (Å²) in [7, 11) is -0.587. The second kappa shape index (κ2) is 7.12. The normalized spacial score (nSPS) is 17.1.